The third kappa shape index (κ3) is 3.12. The minimum atomic E-state index is -1.01. The molecule has 2 heterocycles. The number of thiophene rings is 1. The van der Waals surface area contributed by atoms with E-state index in [0.29, 0.717) is 11.7 Å². The topological polar surface area (TPSA) is 85.2 Å². The zero-order valence-electron chi connectivity index (χ0n) is 9.18. The minimum absolute atomic E-state index is 0.148. The van der Waals surface area contributed by atoms with Gasteiger partial charge in [0.25, 0.3) is 0 Å². The first-order chi connectivity index (χ1) is 8.00. The summed E-state index contributed by atoms with van der Waals surface area (Å²) in [5.41, 5.74) is 4.42. The first-order valence-electron chi connectivity index (χ1n) is 4.99. The van der Waals surface area contributed by atoms with Crippen LogP contribution in [-0.4, -0.2) is 27.4 Å². The second kappa shape index (κ2) is 4.85. The van der Waals surface area contributed by atoms with Gasteiger partial charge in [0, 0.05) is 16.4 Å². The van der Waals surface area contributed by atoms with E-state index in [4.69, 9.17) is 10.3 Å². The van der Waals surface area contributed by atoms with E-state index in [2.05, 4.69) is 26.1 Å². The highest BCUT2D eigenvalue weighted by atomic mass is 79.9. The second-order valence-electron chi connectivity index (χ2n) is 4.02. The number of rotatable bonds is 4. The summed E-state index contributed by atoms with van der Waals surface area (Å²) in [6.07, 6.45) is 0.253. The average Bonchev–Trinajstić information content (AvgIpc) is 2.86. The molecule has 2 aromatic heterocycles. The van der Waals surface area contributed by atoms with Crippen molar-refractivity contribution in [3.05, 3.63) is 21.8 Å². The fraction of sp³-hybridized carbons (Fsp3) is 0.400. The summed E-state index contributed by atoms with van der Waals surface area (Å²) in [7, 11) is 0. The monoisotopic (exact) mass is 317 g/mol. The smallest absolute Gasteiger partial charge is 0.229 e. The summed E-state index contributed by atoms with van der Waals surface area (Å²) in [6, 6.07) is 1.92. The third-order valence-electron chi connectivity index (χ3n) is 2.23. The highest BCUT2D eigenvalue weighted by Gasteiger charge is 2.23. The molecule has 0 saturated heterocycles. The van der Waals surface area contributed by atoms with Crippen LogP contribution in [0.4, 0.5) is 0 Å². The van der Waals surface area contributed by atoms with Crippen LogP contribution in [0, 0.1) is 0 Å². The molecule has 17 heavy (non-hydrogen) atoms. The Balaban J connectivity index is 2.16. The fourth-order valence-corrected chi connectivity index (χ4v) is 2.61. The van der Waals surface area contributed by atoms with E-state index in [9.17, 15) is 5.11 Å². The lowest BCUT2D eigenvalue weighted by atomic mass is 10.0. The largest absolute Gasteiger partial charge is 0.388 e. The van der Waals surface area contributed by atoms with Crippen molar-refractivity contribution in [2.24, 2.45) is 5.73 Å². The van der Waals surface area contributed by atoms with Crippen LogP contribution in [0.1, 0.15) is 12.8 Å². The SMILES string of the molecule is CC(O)(CN)Cc1nc(-c2cc(Br)cs2)no1. The Morgan fingerprint density at radius 1 is 1.65 bits per heavy atom. The first-order valence-corrected chi connectivity index (χ1v) is 6.67. The summed E-state index contributed by atoms with van der Waals surface area (Å²) < 4.78 is 6.06. The predicted octanol–water partition coefficient (Wildman–Crippen LogP) is 1.81. The average molecular weight is 318 g/mol. The zero-order chi connectivity index (χ0) is 12.5. The van der Waals surface area contributed by atoms with E-state index in [-0.39, 0.29) is 13.0 Å². The van der Waals surface area contributed by atoms with E-state index in [1.54, 1.807) is 6.92 Å². The van der Waals surface area contributed by atoms with Crippen molar-refractivity contribution in [1.82, 2.24) is 10.1 Å². The Labute approximate surface area is 111 Å². The molecule has 0 radical (unpaired) electrons. The number of halogens is 1. The number of hydrogen-bond acceptors (Lipinski definition) is 6. The van der Waals surface area contributed by atoms with Crippen molar-refractivity contribution in [3.63, 3.8) is 0 Å². The fourth-order valence-electron chi connectivity index (χ4n) is 1.26. The Morgan fingerprint density at radius 3 is 3.00 bits per heavy atom. The van der Waals surface area contributed by atoms with Gasteiger partial charge in [-0.05, 0) is 28.9 Å². The van der Waals surface area contributed by atoms with Gasteiger partial charge in [0.1, 0.15) is 0 Å². The molecule has 0 aromatic carbocycles. The van der Waals surface area contributed by atoms with Gasteiger partial charge in [0.15, 0.2) is 0 Å². The Kier molecular flexibility index (Phi) is 3.62. The number of aliphatic hydroxyl groups is 1. The quantitative estimate of drug-likeness (QED) is 0.898. The Hall–Kier alpha value is -0.760. The van der Waals surface area contributed by atoms with Crippen molar-refractivity contribution in [3.8, 4) is 10.7 Å². The maximum absolute atomic E-state index is 9.80. The zero-order valence-corrected chi connectivity index (χ0v) is 11.6. The number of aromatic nitrogens is 2. The van der Waals surface area contributed by atoms with Crippen molar-refractivity contribution in [1.29, 1.82) is 0 Å². The lowest BCUT2D eigenvalue weighted by Crippen LogP contribution is -2.36. The molecule has 0 amide bonds. The molecule has 0 bridgehead atoms. The van der Waals surface area contributed by atoms with E-state index in [1.165, 1.54) is 11.3 Å². The Bertz CT molecular complexity index is 509. The number of nitrogens with two attached hydrogens (primary N) is 1. The molecule has 0 saturated carbocycles. The van der Waals surface area contributed by atoms with Gasteiger partial charge in [-0.1, -0.05) is 5.16 Å². The summed E-state index contributed by atoms with van der Waals surface area (Å²) >= 11 is 4.88. The highest BCUT2D eigenvalue weighted by molar-refractivity contribution is 9.10. The highest BCUT2D eigenvalue weighted by Crippen LogP contribution is 2.28. The molecular formula is C10H12BrN3O2S. The maximum Gasteiger partial charge on any atom is 0.229 e. The molecule has 0 spiro atoms. The van der Waals surface area contributed by atoms with Crippen LogP contribution < -0.4 is 5.73 Å². The van der Waals surface area contributed by atoms with Crippen molar-refractivity contribution >= 4 is 27.3 Å². The van der Waals surface area contributed by atoms with Crippen molar-refractivity contribution < 1.29 is 9.63 Å². The molecule has 0 aliphatic rings. The van der Waals surface area contributed by atoms with Gasteiger partial charge in [0.2, 0.25) is 11.7 Å². The van der Waals surface area contributed by atoms with E-state index in [1.807, 2.05) is 11.4 Å². The first kappa shape index (κ1) is 12.7. The molecule has 2 rings (SSSR count). The molecule has 0 fully saturated rings. The van der Waals surface area contributed by atoms with Crippen LogP contribution in [0.5, 0.6) is 0 Å². The van der Waals surface area contributed by atoms with Gasteiger partial charge in [-0.15, -0.1) is 11.3 Å². The van der Waals surface area contributed by atoms with Crippen molar-refractivity contribution in [2.45, 2.75) is 18.9 Å². The summed E-state index contributed by atoms with van der Waals surface area (Å²) in [5, 5.41) is 15.6. The lowest BCUT2D eigenvalue weighted by molar-refractivity contribution is 0.0610. The summed E-state index contributed by atoms with van der Waals surface area (Å²) in [6.45, 7) is 1.79. The lowest BCUT2D eigenvalue weighted by Gasteiger charge is -2.17. The third-order valence-corrected chi connectivity index (χ3v) is 3.91. The van der Waals surface area contributed by atoms with Gasteiger partial charge in [-0.2, -0.15) is 4.98 Å². The Morgan fingerprint density at radius 2 is 2.41 bits per heavy atom. The molecule has 92 valence electrons. The summed E-state index contributed by atoms with van der Waals surface area (Å²) in [5.74, 6) is 0.920. The van der Waals surface area contributed by atoms with E-state index < -0.39 is 5.60 Å². The van der Waals surface area contributed by atoms with Gasteiger partial charge in [-0.3, -0.25) is 0 Å². The van der Waals surface area contributed by atoms with Gasteiger partial charge < -0.3 is 15.4 Å². The molecule has 3 N–H and O–H groups in total. The van der Waals surface area contributed by atoms with Gasteiger partial charge in [-0.25, -0.2) is 0 Å². The molecule has 0 aliphatic carbocycles. The molecular weight excluding hydrogens is 306 g/mol. The summed E-state index contributed by atoms with van der Waals surface area (Å²) in [4.78, 5) is 5.14. The van der Waals surface area contributed by atoms with Crippen molar-refractivity contribution in [2.75, 3.05) is 6.54 Å². The van der Waals surface area contributed by atoms with Crippen LogP contribution in [0.2, 0.25) is 0 Å². The molecule has 0 aliphatic heterocycles. The van der Waals surface area contributed by atoms with Crippen LogP contribution in [0.3, 0.4) is 0 Å². The molecule has 2 aromatic rings. The molecule has 5 nitrogen and oxygen atoms in total. The van der Waals surface area contributed by atoms with Gasteiger partial charge >= 0.3 is 0 Å². The molecule has 1 atom stereocenters. The van der Waals surface area contributed by atoms with Crippen LogP contribution in [0.15, 0.2) is 20.4 Å². The number of hydrogen-bond donors (Lipinski definition) is 2. The normalized spacial score (nSPS) is 14.8. The standard InChI is InChI=1S/C10H12BrN3O2S/c1-10(15,5-12)3-8-13-9(14-16-8)7-2-6(11)4-17-7/h2,4,15H,3,5,12H2,1H3. The maximum atomic E-state index is 9.80. The number of nitrogens with zero attached hydrogens (tertiary/aromatic N) is 2. The van der Waals surface area contributed by atoms with Crippen LogP contribution in [0.25, 0.3) is 10.7 Å². The predicted molar refractivity (Wildman–Crippen MR) is 68.7 cm³/mol. The molecule has 1 unspecified atom stereocenters. The van der Waals surface area contributed by atoms with E-state index in [0.717, 1.165) is 9.35 Å². The minimum Gasteiger partial charge on any atom is -0.388 e. The van der Waals surface area contributed by atoms with Crippen LogP contribution >= 0.6 is 27.3 Å². The van der Waals surface area contributed by atoms with Gasteiger partial charge in [0.05, 0.1) is 16.9 Å². The molecule has 7 heteroatoms. The second-order valence-corrected chi connectivity index (χ2v) is 5.85. The van der Waals surface area contributed by atoms with E-state index >= 15 is 0 Å². The van der Waals surface area contributed by atoms with Crippen LogP contribution in [-0.2, 0) is 6.42 Å².